The molecule has 0 radical (unpaired) electrons. The Bertz CT molecular complexity index is 949. The summed E-state index contributed by atoms with van der Waals surface area (Å²) in [5, 5.41) is 0. The van der Waals surface area contributed by atoms with E-state index in [0.717, 1.165) is 18.9 Å². The van der Waals surface area contributed by atoms with Crippen LogP contribution in [-0.2, 0) is 15.4 Å². The third-order valence-electron chi connectivity index (χ3n) is 7.54. The molecule has 0 aliphatic carbocycles. The average Bonchev–Trinajstić information content (AvgIpc) is 3.02. The van der Waals surface area contributed by atoms with Crippen molar-refractivity contribution in [1.82, 2.24) is 9.21 Å². The number of hydrogen-bond acceptors (Lipinski definition) is 3. The van der Waals surface area contributed by atoms with Crippen LogP contribution in [0.15, 0.2) is 65.6 Å². The fraction of sp³-hybridized carbons (Fsp3) is 0.538. The molecule has 168 valence electrons. The van der Waals surface area contributed by atoms with E-state index in [0.29, 0.717) is 23.5 Å². The fourth-order valence-electron chi connectivity index (χ4n) is 5.79. The van der Waals surface area contributed by atoms with Crippen LogP contribution in [0.1, 0.15) is 51.5 Å². The van der Waals surface area contributed by atoms with Gasteiger partial charge in [0, 0.05) is 31.1 Å². The molecule has 2 aromatic carbocycles. The van der Waals surface area contributed by atoms with E-state index < -0.39 is 10.0 Å². The van der Waals surface area contributed by atoms with E-state index in [-0.39, 0.29) is 5.41 Å². The van der Waals surface area contributed by atoms with Crippen molar-refractivity contribution in [2.45, 2.75) is 68.3 Å². The van der Waals surface area contributed by atoms with Crippen LogP contribution in [-0.4, -0.2) is 49.8 Å². The first-order valence-corrected chi connectivity index (χ1v) is 13.1. The second-order valence-electron chi connectivity index (χ2n) is 9.95. The largest absolute Gasteiger partial charge is 0.297 e. The summed E-state index contributed by atoms with van der Waals surface area (Å²) in [5.74, 6) is 0.830. The van der Waals surface area contributed by atoms with E-state index in [9.17, 15) is 8.42 Å². The first kappa shape index (κ1) is 22.5. The van der Waals surface area contributed by atoms with Crippen molar-refractivity contribution >= 4 is 10.0 Å². The highest BCUT2D eigenvalue weighted by atomic mass is 32.2. The highest BCUT2D eigenvalue weighted by molar-refractivity contribution is 7.89. The van der Waals surface area contributed by atoms with Crippen molar-refractivity contribution in [3.63, 3.8) is 0 Å². The lowest BCUT2D eigenvalue weighted by Crippen LogP contribution is -2.46. The van der Waals surface area contributed by atoms with Crippen molar-refractivity contribution in [3.05, 3.63) is 66.2 Å². The number of fused-ring (bicyclic) bond motifs is 2. The van der Waals surface area contributed by atoms with Gasteiger partial charge in [0.1, 0.15) is 0 Å². The first-order valence-electron chi connectivity index (χ1n) is 11.6. The summed E-state index contributed by atoms with van der Waals surface area (Å²) in [6.45, 7) is 6.12. The van der Waals surface area contributed by atoms with E-state index in [4.69, 9.17) is 0 Å². The maximum Gasteiger partial charge on any atom is 0.242 e. The molecular weight excluding hydrogens is 404 g/mol. The molecule has 2 saturated heterocycles. The smallest absolute Gasteiger partial charge is 0.242 e. The zero-order valence-electron chi connectivity index (χ0n) is 19.1. The molecule has 5 heteroatoms. The van der Waals surface area contributed by atoms with Crippen molar-refractivity contribution in [2.24, 2.45) is 5.92 Å². The molecule has 2 aliphatic heterocycles. The Balaban J connectivity index is 1.55. The number of piperidine rings is 1. The number of likely N-dealkylation sites (N-methyl/N-ethyl adjacent to an activating group) is 1. The van der Waals surface area contributed by atoms with Gasteiger partial charge in [0.25, 0.3) is 0 Å². The monoisotopic (exact) mass is 440 g/mol. The third kappa shape index (κ3) is 4.74. The Morgan fingerprint density at radius 2 is 1.52 bits per heavy atom. The zero-order chi connectivity index (χ0) is 22.1. The second-order valence-corrected chi connectivity index (χ2v) is 12.0. The Morgan fingerprint density at radius 3 is 2.10 bits per heavy atom. The second kappa shape index (κ2) is 9.05. The maximum atomic E-state index is 13.2. The van der Waals surface area contributed by atoms with Gasteiger partial charge in [-0.05, 0) is 62.3 Å². The van der Waals surface area contributed by atoms with Crippen molar-refractivity contribution in [2.75, 3.05) is 20.1 Å². The molecule has 2 unspecified atom stereocenters. The average molecular weight is 441 g/mol. The molecule has 2 bridgehead atoms. The van der Waals surface area contributed by atoms with Crippen molar-refractivity contribution < 1.29 is 8.42 Å². The van der Waals surface area contributed by atoms with Crippen LogP contribution in [0.2, 0.25) is 0 Å². The van der Waals surface area contributed by atoms with E-state index in [1.54, 1.807) is 35.6 Å². The number of rotatable bonds is 8. The fourth-order valence-corrected chi connectivity index (χ4v) is 7.11. The van der Waals surface area contributed by atoms with Gasteiger partial charge in [-0.15, -0.1) is 0 Å². The molecule has 0 saturated carbocycles. The molecule has 2 fully saturated rings. The molecule has 2 heterocycles. The van der Waals surface area contributed by atoms with Gasteiger partial charge in [-0.25, -0.2) is 12.7 Å². The third-order valence-corrected chi connectivity index (χ3v) is 9.35. The van der Waals surface area contributed by atoms with Crippen LogP contribution in [0, 0.1) is 5.92 Å². The van der Waals surface area contributed by atoms with Gasteiger partial charge in [0.15, 0.2) is 0 Å². The highest BCUT2D eigenvalue weighted by Crippen LogP contribution is 2.40. The molecule has 4 nitrogen and oxygen atoms in total. The zero-order valence-corrected chi connectivity index (χ0v) is 19.9. The topological polar surface area (TPSA) is 40.6 Å². The first-order chi connectivity index (χ1) is 14.8. The van der Waals surface area contributed by atoms with Gasteiger partial charge in [-0.1, -0.05) is 62.4 Å². The molecule has 0 amide bonds. The molecule has 4 rings (SSSR count). The van der Waals surface area contributed by atoms with Gasteiger partial charge in [-0.2, -0.15) is 0 Å². The van der Waals surface area contributed by atoms with E-state index in [1.807, 2.05) is 12.1 Å². The number of benzene rings is 2. The van der Waals surface area contributed by atoms with Crippen LogP contribution in [0.3, 0.4) is 0 Å². The summed E-state index contributed by atoms with van der Waals surface area (Å²) in [7, 11) is -1.80. The quantitative estimate of drug-likeness (QED) is 0.585. The molecule has 0 N–H and O–H groups in total. The van der Waals surface area contributed by atoms with E-state index >= 15 is 0 Å². The van der Waals surface area contributed by atoms with Gasteiger partial charge < -0.3 is 0 Å². The summed E-state index contributed by atoms with van der Waals surface area (Å²) >= 11 is 0. The lowest BCUT2D eigenvalue weighted by molar-refractivity contribution is 0.0987. The molecule has 2 aliphatic rings. The lowest BCUT2D eigenvalue weighted by Gasteiger charge is -2.41. The van der Waals surface area contributed by atoms with Crippen LogP contribution in [0.4, 0.5) is 0 Å². The molecular formula is C26H36N2O2S. The summed E-state index contributed by atoms with van der Waals surface area (Å²) in [4.78, 5) is 3.09. The Kier molecular flexibility index (Phi) is 6.57. The van der Waals surface area contributed by atoms with Crippen LogP contribution in [0.25, 0.3) is 0 Å². The van der Waals surface area contributed by atoms with Gasteiger partial charge in [0.05, 0.1) is 4.90 Å². The Morgan fingerprint density at radius 1 is 0.968 bits per heavy atom. The molecule has 2 aromatic rings. The SMILES string of the molecule is CC1CC2CCC(C1)N2CC[C@](C)(CN(C)S(=O)(=O)c1ccccc1)c1ccccc1. The summed E-state index contributed by atoms with van der Waals surface area (Å²) in [6.07, 6.45) is 6.20. The van der Waals surface area contributed by atoms with Crippen LogP contribution in [0.5, 0.6) is 0 Å². The van der Waals surface area contributed by atoms with Gasteiger partial charge >= 0.3 is 0 Å². The number of sulfonamides is 1. The van der Waals surface area contributed by atoms with Crippen molar-refractivity contribution in [1.29, 1.82) is 0 Å². The Hall–Kier alpha value is -1.69. The highest BCUT2D eigenvalue weighted by Gasteiger charge is 2.41. The lowest BCUT2D eigenvalue weighted by atomic mass is 9.78. The van der Waals surface area contributed by atoms with E-state index in [2.05, 4.69) is 43.0 Å². The van der Waals surface area contributed by atoms with Crippen molar-refractivity contribution in [3.8, 4) is 0 Å². The van der Waals surface area contributed by atoms with E-state index in [1.165, 1.54) is 31.2 Å². The predicted octanol–water partition coefficient (Wildman–Crippen LogP) is 4.92. The minimum Gasteiger partial charge on any atom is -0.297 e. The number of hydrogen-bond donors (Lipinski definition) is 0. The van der Waals surface area contributed by atoms with Gasteiger partial charge in [-0.3, -0.25) is 4.90 Å². The number of nitrogens with zero attached hydrogens (tertiary/aromatic N) is 2. The Labute approximate surface area is 188 Å². The maximum absolute atomic E-state index is 13.2. The molecule has 0 spiro atoms. The van der Waals surface area contributed by atoms with Crippen LogP contribution >= 0.6 is 0 Å². The summed E-state index contributed by atoms with van der Waals surface area (Å²) in [6, 6.07) is 20.6. The summed E-state index contributed by atoms with van der Waals surface area (Å²) in [5.41, 5.74) is 0.961. The molecule has 31 heavy (non-hydrogen) atoms. The molecule has 0 aromatic heterocycles. The molecule has 3 atom stereocenters. The minimum atomic E-state index is -3.52. The van der Waals surface area contributed by atoms with Gasteiger partial charge in [0.2, 0.25) is 10.0 Å². The summed E-state index contributed by atoms with van der Waals surface area (Å²) < 4.78 is 28.0. The predicted molar refractivity (Wildman–Crippen MR) is 127 cm³/mol. The minimum absolute atomic E-state index is 0.250. The normalized spacial score (nSPS) is 26.1. The standard InChI is InChI=1S/C26H36N2O2S/c1-21-18-23-14-15-24(19-21)28(23)17-16-26(2,22-10-6-4-7-11-22)20-27(3)31(29,30)25-12-8-5-9-13-25/h4-13,21,23-24H,14-20H2,1-3H3/t21?,23?,24?,26-/m1/s1. The van der Waals surface area contributed by atoms with Crippen LogP contribution < -0.4 is 0 Å².